The van der Waals surface area contributed by atoms with Crippen LogP contribution in [0.5, 0.6) is 0 Å². The van der Waals surface area contributed by atoms with Crippen molar-refractivity contribution in [2.75, 3.05) is 18.4 Å². The van der Waals surface area contributed by atoms with Crippen molar-refractivity contribution in [2.24, 2.45) is 0 Å². The van der Waals surface area contributed by atoms with Gasteiger partial charge in [0.25, 0.3) is 0 Å². The number of carbonyl (C=O) groups is 1. The molecule has 2 N–H and O–H groups in total. The van der Waals surface area contributed by atoms with E-state index < -0.39 is 0 Å². The topological polar surface area (TPSA) is 87.5 Å². The van der Waals surface area contributed by atoms with Crippen LogP contribution in [-0.4, -0.2) is 43.6 Å². The third kappa shape index (κ3) is 5.45. The number of amides is 2. The Morgan fingerprint density at radius 1 is 1.09 bits per heavy atom. The molecule has 180 valence electrons. The first kappa shape index (κ1) is 23.3. The average molecular weight is 534 g/mol. The number of likely N-dealkylation sites (tertiary alicyclic amines) is 1. The number of pyridine rings is 1. The minimum Gasteiger partial charge on any atom is -0.366 e. The SMILES string of the molecule is Cc1ccc(CNC(=O)N2CCC(c3cc(NCc4cccnc4)n4ncc(Br)c4n3)CC2)cc1. The van der Waals surface area contributed by atoms with Crippen molar-refractivity contribution >= 4 is 33.4 Å². The molecule has 0 aliphatic carbocycles. The van der Waals surface area contributed by atoms with Gasteiger partial charge in [0.05, 0.1) is 10.7 Å². The smallest absolute Gasteiger partial charge is 0.317 e. The van der Waals surface area contributed by atoms with Crippen LogP contribution in [0.25, 0.3) is 5.65 Å². The summed E-state index contributed by atoms with van der Waals surface area (Å²) in [5.74, 6) is 1.17. The summed E-state index contributed by atoms with van der Waals surface area (Å²) in [6.07, 6.45) is 7.13. The molecule has 0 saturated carbocycles. The van der Waals surface area contributed by atoms with E-state index in [1.165, 1.54) is 5.56 Å². The summed E-state index contributed by atoms with van der Waals surface area (Å²) in [7, 11) is 0. The highest BCUT2D eigenvalue weighted by Gasteiger charge is 2.26. The van der Waals surface area contributed by atoms with Crippen molar-refractivity contribution in [3.05, 3.63) is 87.9 Å². The van der Waals surface area contributed by atoms with Gasteiger partial charge in [0.1, 0.15) is 5.82 Å². The van der Waals surface area contributed by atoms with Crippen LogP contribution in [0.1, 0.15) is 41.1 Å². The van der Waals surface area contributed by atoms with E-state index in [-0.39, 0.29) is 11.9 Å². The van der Waals surface area contributed by atoms with Gasteiger partial charge in [0, 0.05) is 56.3 Å². The Hall–Kier alpha value is -3.46. The number of urea groups is 1. The molecule has 8 nitrogen and oxygen atoms in total. The second kappa shape index (κ2) is 10.4. The highest BCUT2D eigenvalue weighted by atomic mass is 79.9. The second-order valence-electron chi connectivity index (χ2n) is 8.91. The molecule has 1 fully saturated rings. The molecule has 1 aromatic carbocycles. The van der Waals surface area contributed by atoms with Gasteiger partial charge >= 0.3 is 6.03 Å². The number of benzene rings is 1. The molecule has 35 heavy (non-hydrogen) atoms. The van der Waals surface area contributed by atoms with E-state index in [1.807, 2.05) is 27.7 Å². The monoisotopic (exact) mass is 533 g/mol. The fraction of sp³-hybridized carbons (Fsp3) is 0.308. The van der Waals surface area contributed by atoms with Gasteiger partial charge in [0.15, 0.2) is 5.65 Å². The minimum atomic E-state index is -0.00945. The number of nitrogens with zero attached hydrogens (tertiary/aromatic N) is 5. The highest BCUT2D eigenvalue weighted by molar-refractivity contribution is 9.10. The Morgan fingerprint density at radius 2 is 1.89 bits per heavy atom. The largest absolute Gasteiger partial charge is 0.366 e. The Bertz CT molecular complexity index is 1300. The predicted molar refractivity (Wildman–Crippen MR) is 139 cm³/mol. The van der Waals surface area contributed by atoms with E-state index in [0.717, 1.165) is 45.6 Å². The minimum absolute atomic E-state index is 0.00945. The zero-order valence-corrected chi connectivity index (χ0v) is 21.2. The zero-order valence-electron chi connectivity index (χ0n) is 19.6. The van der Waals surface area contributed by atoms with Gasteiger partial charge in [-0.05, 0) is 52.9 Å². The number of aromatic nitrogens is 4. The van der Waals surface area contributed by atoms with Crippen LogP contribution in [0.2, 0.25) is 0 Å². The number of carbonyl (C=O) groups excluding carboxylic acids is 1. The molecule has 4 aromatic rings. The lowest BCUT2D eigenvalue weighted by atomic mass is 9.93. The number of nitrogens with one attached hydrogen (secondary N) is 2. The van der Waals surface area contributed by atoms with E-state index in [1.54, 1.807) is 12.4 Å². The van der Waals surface area contributed by atoms with Crippen LogP contribution in [0.3, 0.4) is 0 Å². The van der Waals surface area contributed by atoms with Crippen LogP contribution in [0.4, 0.5) is 10.6 Å². The van der Waals surface area contributed by atoms with Gasteiger partial charge < -0.3 is 15.5 Å². The normalized spacial score (nSPS) is 14.3. The molecule has 0 unspecified atom stereocenters. The summed E-state index contributed by atoms with van der Waals surface area (Å²) in [5.41, 5.74) is 5.22. The molecular weight excluding hydrogens is 506 g/mol. The van der Waals surface area contributed by atoms with Crippen molar-refractivity contribution in [1.29, 1.82) is 0 Å². The van der Waals surface area contributed by atoms with Crippen molar-refractivity contribution in [1.82, 2.24) is 29.8 Å². The van der Waals surface area contributed by atoms with Gasteiger partial charge in [-0.15, -0.1) is 0 Å². The lowest BCUT2D eigenvalue weighted by molar-refractivity contribution is 0.180. The van der Waals surface area contributed by atoms with Gasteiger partial charge in [0.2, 0.25) is 0 Å². The van der Waals surface area contributed by atoms with Crippen LogP contribution in [0, 0.1) is 6.92 Å². The third-order valence-electron chi connectivity index (χ3n) is 6.41. The molecule has 4 heterocycles. The quantitative estimate of drug-likeness (QED) is 0.368. The Labute approximate surface area is 212 Å². The Balaban J connectivity index is 1.24. The standard InChI is InChI=1S/C26H28BrN7O/c1-18-4-6-19(7-5-18)15-30-26(35)33-11-8-21(9-12-33)23-13-24(29-16-20-3-2-10-28-14-20)34-25(32-23)22(27)17-31-34/h2-7,10,13-14,17,21,29H,8-9,11-12,15-16H2,1H3,(H,30,35). The van der Waals surface area contributed by atoms with E-state index >= 15 is 0 Å². The molecule has 1 aliphatic rings. The number of hydrogen-bond acceptors (Lipinski definition) is 5. The van der Waals surface area contributed by atoms with Crippen LogP contribution >= 0.6 is 15.9 Å². The molecule has 0 bridgehead atoms. The van der Waals surface area contributed by atoms with E-state index in [0.29, 0.717) is 26.2 Å². The van der Waals surface area contributed by atoms with E-state index in [9.17, 15) is 4.79 Å². The zero-order chi connectivity index (χ0) is 24.2. The molecule has 0 spiro atoms. The highest BCUT2D eigenvalue weighted by Crippen LogP contribution is 2.30. The maximum Gasteiger partial charge on any atom is 0.317 e. The molecule has 0 radical (unpaired) electrons. The predicted octanol–water partition coefficient (Wildman–Crippen LogP) is 4.90. The van der Waals surface area contributed by atoms with Crippen molar-refractivity contribution in [3.8, 4) is 0 Å². The fourth-order valence-electron chi connectivity index (χ4n) is 4.36. The molecule has 1 aliphatic heterocycles. The molecule has 5 rings (SSSR count). The molecule has 9 heteroatoms. The van der Waals surface area contributed by atoms with Crippen LogP contribution in [0.15, 0.2) is 65.5 Å². The molecule has 2 amide bonds. The maximum absolute atomic E-state index is 12.7. The summed E-state index contributed by atoms with van der Waals surface area (Å²) < 4.78 is 2.68. The first-order chi connectivity index (χ1) is 17.1. The van der Waals surface area contributed by atoms with E-state index in [2.05, 4.69) is 73.9 Å². The lowest BCUT2D eigenvalue weighted by Crippen LogP contribution is -2.43. The molecular formula is C26H28BrN7O. The number of anilines is 1. The number of fused-ring (bicyclic) bond motifs is 1. The fourth-order valence-corrected chi connectivity index (χ4v) is 4.71. The number of rotatable bonds is 6. The second-order valence-corrected chi connectivity index (χ2v) is 9.77. The number of piperidine rings is 1. The van der Waals surface area contributed by atoms with Crippen molar-refractivity contribution in [2.45, 2.75) is 38.8 Å². The van der Waals surface area contributed by atoms with E-state index in [4.69, 9.17) is 4.98 Å². The number of aryl methyl sites for hydroxylation is 1. The first-order valence-electron chi connectivity index (χ1n) is 11.8. The Morgan fingerprint density at radius 3 is 2.63 bits per heavy atom. The van der Waals surface area contributed by atoms with Crippen LogP contribution in [-0.2, 0) is 13.1 Å². The average Bonchev–Trinajstić information content (AvgIpc) is 3.28. The van der Waals surface area contributed by atoms with Gasteiger partial charge in [-0.2, -0.15) is 9.61 Å². The molecule has 3 aromatic heterocycles. The summed E-state index contributed by atoms with van der Waals surface area (Å²) in [6.45, 7) is 4.65. The number of hydrogen-bond donors (Lipinski definition) is 2. The maximum atomic E-state index is 12.7. The van der Waals surface area contributed by atoms with Gasteiger partial charge in [-0.3, -0.25) is 4.98 Å². The van der Waals surface area contributed by atoms with Gasteiger partial charge in [-0.25, -0.2) is 9.78 Å². The summed E-state index contributed by atoms with van der Waals surface area (Å²) in [4.78, 5) is 23.7. The molecule has 1 saturated heterocycles. The van der Waals surface area contributed by atoms with Crippen LogP contribution < -0.4 is 10.6 Å². The van der Waals surface area contributed by atoms with Crippen molar-refractivity contribution < 1.29 is 4.79 Å². The van der Waals surface area contributed by atoms with Crippen molar-refractivity contribution in [3.63, 3.8) is 0 Å². The van der Waals surface area contributed by atoms with Gasteiger partial charge in [-0.1, -0.05) is 35.9 Å². The molecule has 0 atom stereocenters. The summed E-state index contributed by atoms with van der Waals surface area (Å²) in [6, 6.07) is 14.3. The summed E-state index contributed by atoms with van der Waals surface area (Å²) in [5, 5.41) is 11.0. The Kier molecular flexibility index (Phi) is 6.94. The number of halogens is 1. The third-order valence-corrected chi connectivity index (χ3v) is 6.97. The summed E-state index contributed by atoms with van der Waals surface area (Å²) >= 11 is 3.58. The lowest BCUT2D eigenvalue weighted by Gasteiger charge is -2.32. The first-order valence-corrected chi connectivity index (χ1v) is 12.6.